The third-order valence-corrected chi connectivity index (χ3v) is 4.16. The molecule has 2 aromatic rings. The van der Waals surface area contributed by atoms with Gasteiger partial charge in [0.25, 0.3) is 0 Å². The highest BCUT2D eigenvalue weighted by molar-refractivity contribution is 9.10. The molecule has 0 aliphatic heterocycles. The summed E-state index contributed by atoms with van der Waals surface area (Å²) in [7, 11) is 0. The van der Waals surface area contributed by atoms with Crippen molar-refractivity contribution in [2.24, 2.45) is 0 Å². The molecule has 0 radical (unpaired) electrons. The van der Waals surface area contributed by atoms with Gasteiger partial charge in [-0.05, 0) is 45.6 Å². The molecule has 0 heterocycles. The van der Waals surface area contributed by atoms with Crippen LogP contribution in [-0.4, -0.2) is 17.8 Å². The van der Waals surface area contributed by atoms with Crippen LogP contribution in [0.2, 0.25) is 0 Å². The summed E-state index contributed by atoms with van der Waals surface area (Å²) in [6.07, 6.45) is 0.913. The summed E-state index contributed by atoms with van der Waals surface area (Å²) in [5.41, 5.74) is 2.31. The van der Waals surface area contributed by atoms with Crippen molar-refractivity contribution in [1.29, 1.82) is 0 Å². The Morgan fingerprint density at radius 1 is 1.14 bits per heavy atom. The van der Waals surface area contributed by atoms with Crippen LogP contribution >= 0.6 is 15.9 Å². The second-order valence-electron chi connectivity index (χ2n) is 5.21. The number of rotatable bonds is 8. The molecule has 2 N–H and O–H groups in total. The van der Waals surface area contributed by atoms with Crippen LogP contribution in [0.5, 0.6) is 5.75 Å². The van der Waals surface area contributed by atoms with Crippen molar-refractivity contribution in [3.63, 3.8) is 0 Å². The van der Waals surface area contributed by atoms with Gasteiger partial charge in [-0.15, -0.1) is 0 Å². The van der Waals surface area contributed by atoms with E-state index in [4.69, 9.17) is 4.74 Å². The molecule has 0 unspecified atom stereocenters. The van der Waals surface area contributed by atoms with Crippen molar-refractivity contribution < 1.29 is 9.84 Å². The second-order valence-corrected chi connectivity index (χ2v) is 6.06. The number of benzene rings is 2. The van der Waals surface area contributed by atoms with Gasteiger partial charge in [0.05, 0.1) is 11.1 Å². The zero-order valence-corrected chi connectivity index (χ0v) is 14.3. The zero-order valence-electron chi connectivity index (χ0n) is 12.8. The van der Waals surface area contributed by atoms with E-state index in [0.29, 0.717) is 6.61 Å². The molecule has 0 amide bonds. The number of nitrogens with one attached hydrogen (secondary N) is 1. The van der Waals surface area contributed by atoms with E-state index in [0.717, 1.165) is 34.3 Å². The zero-order chi connectivity index (χ0) is 15.8. The summed E-state index contributed by atoms with van der Waals surface area (Å²) in [6, 6.07) is 16.3. The number of ether oxygens (including phenoxy) is 1. The van der Waals surface area contributed by atoms with Crippen molar-refractivity contribution in [2.75, 3.05) is 6.61 Å². The van der Waals surface area contributed by atoms with E-state index in [1.54, 1.807) is 0 Å². The first-order valence-electron chi connectivity index (χ1n) is 7.52. The molecule has 0 aliphatic rings. The highest BCUT2D eigenvalue weighted by Gasteiger charge is 2.06. The number of hydrogen-bond acceptors (Lipinski definition) is 3. The monoisotopic (exact) mass is 363 g/mol. The summed E-state index contributed by atoms with van der Waals surface area (Å²) < 4.78 is 6.78. The Kier molecular flexibility index (Phi) is 6.90. The van der Waals surface area contributed by atoms with Crippen LogP contribution in [0, 0.1) is 0 Å². The van der Waals surface area contributed by atoms with Gasteiger partial charge in [-0.25, -0.2) is 0 Å². The standard InChI is InChI=1S/C18H22BrNO2/c1-2-16(12-21)20-11-15-8-9-18(17(19)10-15)22-13-14-6-4-3-5-7-14/h3-10,16,20-21H,2,11-13H2,1H3/t16-/m0/s1. The first kappa shape index (κ1) is 17.0. The molecular weight excluding hydrogens is 342 g/mol. The summed E-state index contributed by atoms with van der Waals surface area (Å²) >= 11 is 3.56. The van der Waals surface area contributed by atoms with E-state index in [1.807, 2.05) is 42.5 Å². The molecule has 4 heteroatoms. The largest absolute Gasteiger partial charge is 0.488 e. The predicted octanol–water partition coefficient (Wildman–Crippen LogP) is 3.89. The van der Waals surface area contributed by atoms with Crippen molar-refractivity contribution in [3.8, 4) is 5.75 Å². The average molecular weight is 364 g/mol. The fourth-order valence-corrected chi connectivity index (χ4v) is 2.65. The van der Waals surface area contributed by atoms with Crippen molar-refractivity contribution >= 4 is 15.9 Å². The first-order valence-corrected chi connectivity index (χ1v) is 8.31. The Labute approximate surface area is 140 Å². The van der Waals surface area contributed by atoms with Crippen LogP contribution in [0.1, 0.15) is 24.5 Å². The van der Waals surface area contributed by atoms with E-state index in [-0.39, 0.29) is 12.6 Å². The Morgan fingerprint density at radius 3 is 2.55 bits per heavy atom. The van der Waals surface area contributed by atoms with Crippen LogP contribution in [0.4, 0.5) is 0 Å². The molecule has 2 rings (SSSR count). The Morgan fingerprint density at radius 2 is 1.91 bits per heavy atom. The van der Waals surface area contributed by atoms with Gasteiger partial charge >= 0.3 is 0 Å². The summed E-state index contributed by atoms with van der Waals surface area (Å²) in [5, 5.41) is 12.5. The van der Waals surface area contributed by atoms with Gasteiger partial charge in [-0.3, -0.25) is 0 Å². The number of aliphatic hydroxyl groups is 1. The van der Waals surface area contributed by atoms with Crippen LogP contribution in [-0.2, 0) is 13.2 Å². The minimum absolute atomic E-state index is 0.146. The van der Waals surface area contributed by atoms with E-state index in [9.17, 15) is 5.11 Å². The first-order chi connectivity index (χ1) is 10.7. The molecule has 0 bridgehead atoms. The third-order valence-electron chi connectivity index (χ3n) is 3.54. The lowest BCUT2D eigenvalue weighted by atomic mass is 10.2. The highest BCUT2D eigenvalue weighted by atomic mass is 79.9. The average Bonchev–Trinajstić information content (AvgIpc) is 2.56. The van der Waals surface area contributed by atoms with E-state index >= 15 is 0 Å². The second kappa shape index (κ2) is 8.93. The smallest absolute Gasteiger partial charge is 0.134 e. The van der Waals surface area contributed by atoms with Crippen molar-refractivity contribution in [2.45, 2.75) is 32.5 Å². The summed E-state index contributed by atoms with van der Waals surface area (Å²) in [6.45, 7) is 3.51. The van der Waals surface area contributed by atoms with Crippen molar-refractivity contribution in [1.82, 2.24) is 5.32 Å². The lowest BCUT2D eigenvalue weighted by Crippen LogP contribution is -2.31. The maximum Gasteiger partial charge on any atom is 0.134 e. The van der Waals surface area contributed by atoms with Crippen LogP contribution in [0.25, 0.3) is 0 Å². The van der Waals surface area contributed by atoms with Gasteiger partial charge in [0.2, 0.25) is 0 Å². The van der Waals surface area contributed by atoms with Crippen molar-refractivity contribution in [3.05, 3.63) is 64.1 Å². The van der Waals surface area contributed by atoms with E-state index < -0.39 is 0 Å². The molecular formula is C18H22BrNO2. The molecule has 0 aliphatic carbocycles. The van der Waals surface area contributed by atoms with Gasteiger partial charge in [0, 0.05) is 12.6 Å². The minimum Gasteiger partial charge on any atom is -0.488 e. The number of halogens is 1. The maximum atomic E-state index is 9.19. The molecule has 3 nitrogen and oxygen atoms in total. The number of hydrogen-bond donors (Lipinski definition) is 2. The SMILES string of the molecule is CC[C@@H](CO)NCc1ccc(OCc2ccccc2)c(Br)c1. The highest BCUT2D eigenvalue weighted by Crippen LogP contribution is 2.26. The molecule has 0 saturated heterocycles. The third kappa shape index (κ3) is 5.13. The van der Waals surface area contributed by atoms with Crippen LogP contribution < -0.4 is 10.1 Å². The van der Waals surface area contributed by atoms with E-state index in [2.05, 4.69) is 34.2 Å². The van der Waals surface area contributed by atoms with Gasteiger partial charge < -0.3 is 15.2 Å². The van der Waals surface area contributed by atoms with Gasteiger partial charge in [0.15, 0.2) is 0 Å². The molecule has 0 spiro atoms. The minimum atomic E-state index is 0.146. The van der Waals surface area contributed by atoms with Crippen LogP contribution in [0.15, 0.2) is 53.0 Å². The molecule has 2 aromatic carbocycles. The lowest BCUT2D eigenvalue weighted by molar-refractivity contribution is 0.238. The molecule has 1 atom stereocenters. The Balaban J connectivity index is 1.92. The summed E-state index contributed by atoms with van der Waals surface area (Å²) in [5.74, 6) is 0.835. The summed E-state index contributed by atoms with van der Waals surface area (Å²) in [4.78, 5) is 0. The van der Waals surface area contributed by atoms with Crippen LogP contribution in [0.3, 0.4) is 0 Å². The molecule has 0 aromatic heterocycles. The molecule has 0 fully saturated rings. The quantitative estimate of drug-likeness (QED) is 0.747. The number of aliphatic hydroxyl groups excluding tert-OH is 1. The fourth-order valence-electron chi connectivity index (χ4n) is 2.11. The van der Waals surface area contributed by atoms with Gasteiger partial charge in [-0.2, -0.15) is 0 Å². The molecule has 0 saturated carbocycles. The van der Waals surface area contributed by atoms with E-state index in [1.165, 1.54) is 0 Å². The maximum absolute atomic E-state index is 9.19. The normalized spacial score (nSPS) is 12.1. The Hall–Kier alpha value is -1.36. The topological polar surface area (TPSA) is 41.5 Å². The predicted molar refractivity (Wildman–Crippen MR) is 92.9 cm³/mol. The van der Waals surface area contributed by atoms with Gasteiger partial charge in [-0.1, -0.05) is 43.3 Å². The van der Waals surface area contributed by atoms with Gasteiger partial charge in [0.1, 0.15) is 12.4 Å². The molecule has 118 valence electrons. The lowest BCUT2D eigenvalue weighted by Gasteiger charge is -2.15. The fraction of sp³-hybridized carbons (Fsp3) is 0.333. The Bertz CT molecular complexity index is 571. The molecule has 22 heavy (non-hydrogen) atoms.